The first-order chi connectivity index (χ1) is 11.0. The maximum atomic E-state index is 12.3. The van der Waals surface area contributed by atoms with E-state index in [9.17, 15) is 9.59 Å². The van der Waals surface area contributed by atoms with Gasteiger partial charge in [0.05, 0.1) is 5.92 Å². The number of hydrogen-bond acceptors (Lipinski definition) is 3. The fourth-order valence-corrected chi connectivity index (χ4v) is 3.56. The molecule has 0 radical (unpaired) electrons. The summed E-state index contributed by atoms with van der Waals surface area (Å²) >= 11 is 0. The van der Waals surface area contributed by atoms with Gasteiger partial charge in [0.1, 0.15) is 0 Å². The van der Waals surface area contributed by atoms with E-state index in [0.29, 0.717) is 19.0 Å². The summed E-state index contributed by atoms with van der Waals surface area (Å²) in [5, 5.41) is 3.14. The van der Waals surface area contributed by atoms with Gasteiger partial charge in [-0.3, -0.25) is 14.5 Å². The molecule has 0 aromatic heterocycles. The second kappa shape index (κ2) is 6.71. The van der Waals surface area contributed by atoms with Gasteiger partial charge in [-0.05, 0) is 18.9 Å². The molecule has 2 heterocycles. The lowest BCUT2D eigenvalue weighted by atomic mass is 10.1. The van der Waals surface area contributed by atoms with Crippen molar-refractivity contribution in [3.63, 3.8) is 0 Å². The average Bonchev–Trinajstić information content (AvgIpc) is 3.15. The normalized spacial score (nSPS) is 26.5. The van der Waals surface area contributed by atoms with Gasteiger partial charge in [0.2, 0.25) is 11.8 Å². The van der Waals surface area contributed by atoms with Crippen LogP contribution >= 0.6 is 0 Å². The average molecular weight is 315 g/mol. The molecule has 0 aliphatic carbocycles. The van der Waals surface area contributed by atoms with Crippen molar-refractivity contribution in [1.29, 1.82) is 0 Å². The zero-order valence-corrected chi connectivity index (χ0v) is 13.9. The van der Waals surface area contributed by atoms with Crippen LogP contribution in [0.4, 0.5) is 0 Å². The Labute approximate surface area is 137 Å². The van der Waals surface area contributed by atoms with Gasteiger partial charge in [-0.25, -0.2) is 0 Å². The van der Waals surface area contributed by atoms with Crippen LogP contribution in [0.3, 0.4) is 0 Å². The third-order valence-electron chi connectivity index (χ3n) is 5.11. The van der Waals surface area contributed by atoms with Crippen LogP contribution in [-0.2, 0) is 9.59 Å². The molecule has 3 unspecified atom stereocenters. The number of rotatable bonds is 4. The molecule has 124 valence electrons. The number of carbonyl (C=O) groups excluding carboxylic acids is 2. The molecule has 3 atom stereocenters. The number of nitrogens with zero attached hydrogens (tertiary/aromatic N) is 2. The molecule has 23 heavy (non-hydrogen) atoms. The molecule has 0 bridgehead atoms. The number of hydrogen-bond donors (Lipinski definition) is 1. The second-order valence-electron chi connectivity index (χ2n) is 6.75. The van der Waals surface area contributed by atoms with Crippen molar-refractivity contribution in [1.82, 2.24) is 15.1 Å². The third kappa shape index (κ3) is 3.55. The molecule has 0 saturated carbocycles. The van der Waals surface area contributed by atoms with Gasteiger partial charge in [-0.1, -0.05) is 30.3 Å². The lowest BCUT2D eigenvalue weighted by Crippen LogP contribution is -2.41. The van der Waals surface area contributed by atoms with Crippen molar-refractivity contribution in [2.45, 2.75) is 31.8 Å². The molecule has 1 N–H and O–H groups in total. The predicted octanol–water partition coefficient (Wildman–Crippen LogP) is 1.42. The van der Waals surface area contributed by atoms with Gasteiger partial charge in [0, 0.05) is 45.2 Å². The first-order valence-corrected chi connectivity index (χ1v) is 8.38. The Balaban J connectivity index is 1.52. The summed E-state index contributed by atoms with van der Waals surface area (Å²) in [6.07, 6.45) is 1.32. The van der Waals surface area contributed by atoms with E-state index in [1.165, 1.54) is 5.56 Å². The summed E-state index contributed by atoms with van der Waals surface area (Å²) in [7, 11) is 1.76. The number of benzene rings is 1. The van der Waals surface area contributed by atoms with Gasteiger partial charge in [-0.15, -0.1) is 0 Å². The van der Waals surface area contributed by atoms with Crippen LogP contribution in [0.25, 0.3) is 0 Å². The predicted molar refractivity (Wildman–Crippen MR) is 88.7 cm³/mol. The Hall–Kier alpha value is -1.88. The van der Waals surface area contributed by atoms with Crippen molar-refractivity contribution in [3.05, 3.63) is 35.9 Å². The lowest BCUT2D eigenvalue weighted by molar-refractivity contribution is -0.128. The second-order valence-corrected chi connectivity index (χ2v) is 6.75. The maximum Gasteiger partial charge on any atom is 0.225 e. The van der Waals surface area contributed by atoms with Gasteiger partial charge < -0.3 is 10.2 Å². The van der Waals surface area contributed by atoms with E-state index >= 15 is 0 Å². The van der Waals surface area contributed by atoms with E-state index in [0.717, 1.165) is 19.5 Å². The first-order valence-electron chi connectivity index (χ1n) is 8.38. The quantitative estimate of drug-likeness (QED) is 0.914. The molecule has 2 aliphatic rings. The van der Waals surface area contributed by atoms with Crippen molar-refractivity contribution < 1.29 is 9.59 Å². The SMILES string of the molecule is CC(c1ccccc1)N1CCC(NC(=O)C2CC(=O)N(C)C2)C1. The number of likely N-dealkylation sites (tertiary alicyclic amines) is 2. The van der Waals surface area contributed by atoms with Crippen LogP contribution in [0.5, 0.6) is 0 Å². The molecule has 5 heteroatoms. The van der Waals surface area contributed by atoms with E-state index in [1.807, 2.05) is 6.07 Å². The minimum absolute atomic E-state index is 0.0296. The summed E-state index contributed by atoms with van der Waals surface area (Å²) in [6.45, 7) is 4.62. The smallest absolute Gasteiger partial charge is 0.225 e. The van der Waals surface area contributed by atoms with E-state index in [1.54, 1.807) is 11.9 Å². The molecule has 1 aromatic carbocycles. The van der Waals surface area contributed by atoms with Crippen molar-refractivity contribution in [2.75, 3.05) is 26.7 Å². The Morgan fingerprint density at radius 2 is 2.00 bits per heavy atom. The standard InChI is InChI=1S/C18H25N3O2/c1-13(14-6-4-3-5-7-14)21-9-8-16(12-21)19-18(23)15-10-17(22)20(2)11-15/h3-7,13,15-16H,8-12H2,1-2H3,(H,19,23). The van der Waals surface area contributed by atoms with Crippen LogP contribution in [0.1, 0.15) is 31.4 Å². The Morgan fingerprint density at radius 3 is 2.65 bits per heavy atom. The fraction of sp³-hybridized carbons (Fsp3) is 0.556. The summed E-state index contributed by atoms with van der Waals surface area (Å²) < 4.78 is 0. The summed E-state index contributed by atoms with van der Waals surface area (Å²) in [6, 6.07) is 11.0. The van der Waals surface area contributed by atoms with Crippen molar-refractivity contribution >= 4 is 11.8 Å². The Kier molecular flexibility index (Phi) is 4.66. The monoisotopic (exact) mass is 315 g/mol. The largest absolute Gasteiger partial charge is 0.352 e. The number of nitrogens with one attached hydrogen (secondary N) is 1. The van der Waals surface area contributed by atoms with E-state index in [4.69, 9.17) is 0 Å². The first kappa shape index (κ1) is 16.0. The molecular formula is C18H25N3O2. The van der Waals surface area contributed by atoms with Crippen LogP contribution in [-0.4, -0.2) is 54.3 Å². The molecule has 1 aromatic rings. The minimum atomic E-state index is -0.187. The van der Waals surface area contributed by atoms with Gasteiger partial charge >= 0.3 is 0 Å². The van der Waals surface area contributed by atoms with Crippen LogP contribution in [0.2, 0.25) is 0 Å². The van der Waals surface area contributed by atoms with Crippen molar-refractivity contribution in [2.24, 2.45) is 5.92 Å². The van der Waals surface area contributed by atoms with E-state index < -0.39 is 0 Å². The highest BCUT2D eigenvalue weighted by atomic mass is 16.2. The molecular weight excluding hydrogens is 290 g/mol. The highest BCUT2D eigenvalue weighted by molar-refractivity contribution is 5.89. The van der Waals surface area contributed by atoms with Gasteiger partial charge in [-0.2, -0.15) is 0 Å². The van der Waals surface area contributed by atoms with E-state index in [-0.39, 0.29) is 23.8 Å². The molecule has 0 spiro atoms. The molecule has 5 nitrogen and oxygen atoms in total. The number of carbonyl (C=O) groups is 2. The molecule has 2 amide bonds. The molecule has 2 saturated heterocycles. The zero-order chi connectivity index (χ0) is 16.4. The Morgan fingerprint density at radius 1 is 1.26 bits per heavy atom. The Bertz CT molecular complexity index is 575. The van der Waals surface area contributed by atoms with Crippen LogP contribution < -0.4 is 5.32 Å². The van der Waals surface area contributed by atoms with Crippen LogP contribution in [0.15, 0.2) is 30.3 Å². The van der Waals surface area contributed by atoms with Gasteiger partial charge in [0.15, 0.2) is 0 Å². The van der Waals surface area contributed by atoms with Crippen LogP contribution in [0, 0.1) is 5.92 Å². The molecule has 2 aliphatic heterocycles. The lowest BCUT2D eigenvalue weighted by Gasteiger charge is -2.25. The molecule has 2 fully saturated rings. The summed E-state index contributed by atoms with van der Waals surface area (Å²) in [5.41, 5.74) is 1.31. The third-order valence-corrected chi connectivity index (χ3v) is 5.11. The van der Waals surface area contributed by atoms with E-state index in [2.05, 4.69) is 41.4 Å². The highest BCUT2D eigenvalue weighted by Gasteiger charge is 2.34. The highest BCUT2D eigenvalue weighted by Crippen LogP contribution is 2.25. The number of amides is 2. The topological polar surface area (TPSA) is 52.7 Å². The van der Waals surface area contributed by atoms with Crippen molar-refractivity contribution in [3.8, 4) is 0 Å². The zero-order valence-electron chi connectivity index (χ0n) is 13.9. The molecule has 3 rings (SSSR count). The maximum absolute atomic E-state index is 12.3. The van der Waals surface area contributed by atoms with Gasteiger partial charge in [0.25, 0.3) is 0 Å². The minimum Gasteiger partial charge on any atom is -0.352 e. The summed E-state index contributed by atoms with van der Waals surface area (Å²) in [5.74, 6) is -0.0918. The fourth-order valence-electron chi connectivity index (χ4n) is 3.56. The summed E-state index contributed by atoms with van der Waals surface area (Å²) in [4.78, 5) is 27.9.